The number of ether oxygens (including phenoxy) is 2. The smallest absolute Gasteiger partial charge is 0.314 e. The fraction of sp³-hybridized carbons (Fsp3) is 0.600. The van der Waals surface area contributed by atoms with E-state index in [1.807, 2.05) is 0 Å². The third-order valence-corrected chi connectivity index (χ3v) is 1.61. The van der Waals surface area contributed by atoms with E-state index < -0.39 is 5.41 Å². The zero-order valence-corrected chi connectivity index (χ0v) is 9.16. The van der Waals surface area contributed by atoms with E-state index in [4.69, 9.17) is 4.74 Å². The van der Waals surface area contributed by atoms with Crippen LogP contribution in [0.25, 0.3) is 0 Å². The van der Waals surface area contributed by atoms with E-state index >= 15 is 0 Å². The van der Waals surface area contributed by atoms with Gasteiger partial charge in [0.05, 0.1) is 12.5 Å². The highest BCUT2D eigenvalue weighted by molar-refractivity contribution is 5.75. The molecule has 0 bridgehead atoms. The Morgan fingerprint density at radius 1 is 1.57 bits per heavy atom. The highest BCUT2D eigenvalue weighted by Gasteiger charge is 2.29. The Morgan fingerprint density at radius 3 is 2.57 bits per heavy atom. The molecular weight excluding hydrogens is 182 g/mol. The van der Waals surface area contributed by atoms with Gasteiger partial charge >= 0.3 is 5.97 Å². The molecule has 0 heterocycles. The van der Waals surface area contributed by atoms with Crippen molar-refractivity contribution in [1.82, 2.24) is 0 Å². The van der Waals surface area contributed by atoms with E-state index in [-0.39, 0.29) is 12.6 Å². The third kappa shape index (κ3) is 4.07. The molecule has 14 heavy (non-hydrogen) atoms. The lowest BCUT2D eigenvalue weighted by Crippen LogP contribution is -2.30. The van der Waals surface area contributed by atoms with Crippen LogP contribution in [-0.2, 0) is 14.3 Å². The molecule has 0 N–H and O–H groups in total. The average Bonchev–Trinajstić information content (AvgIpc) is 2.14. The van der Waals surface area contributed by atoms with Crippen molar-refractivity contribution in [2.24, 2.45) is 10.4 Å². The van der Waals surface area contributed by atoms with Gasteiger partial charge in [-0.15, -0.1) is 0 Å². The van der Waals surface area contributed by atoms with Crippen LogP contribution < -0.4 is 0 Å². The Balaban J connectivity index is 4.11. The summed E-state index contributed by atoms with van der Waals surface area (Å²) in [5, 5.41) is 0. The molecule has 0 atom stereocenters. The van der Waals surface area contributed by atoms with Crippen LogP contribution in [-0.4, -0.2) is 25.9 Å². The summed E-state index contributed by atoms with van der Waals surface area (Å²) in [7, 11) is 1.35. The molecule has 4 nitrogen and oxygen atoms in total. The van der Waals surface area contributed by atoms with E-state index in [9.17, 15) is 4.79 Å². The predicted molar refractivity (Wildman–Crippen MR) is 55.1 cm³/mol. The Morgan fingerprint density at radius 2 is 2.14 bits per heavy atom. The molecule has 0 aliphatic carbocycles. The number of carbonyl (C=O) groups excluding carboxylic acids is 1. The zero-order valence-electron chi connectivity index (χ0n) is 9.16. The summed E-state index contributed by atoms with van der Waals surface area (Å²) in [5.74, 6) is -0.0183. The molecule has 0 saturated carbocycles. The van der Waals surface area contributed by atoms with E-state index in [0.29, 0.717) is 5.88 Å². The first kappa shape index (κ1) is 12.7. The van der Waals surface area contributed by atoms with Crippen LogP contribution in [0.5, 0.6) is 0 Å². The molecule has 80 valence electrons. The minimum atomic E-state index is -0.680. The van der Waals surface area contributed by atoms with Crippen LogP contribution in [0.4, 0.5) is 0 Å². The molecular formula is C10H17NO3. The Kier molecular flexibility index (Phi) is 4.91. The van der Waals surface area contributed by atoms with Gasteiger partial charge in [-0.25, -0.2) is 4.99 Å². The monoisotopic (exact) mass is 199 g/mol. The number of rotatable bonds is 5. The van der Waals surface area contributed by atoms with Gasteiger partial charge < -0.3 is 9.47 Å². The second-order valence-electron chi connectivity index (χ2n) is 3.45. The number of carbonyl (C=O) groups is 1. The SMILES string of the molecule is C=C(N=CC)OCC(C)(C)C(=O)OC. The van der Waals surface area contributed by atoms with E-state index in [1.54, 1.807) is 27.0 Å². The van der Waals surface area contributed by atoms with Crippen molar-refractivity contribution in [3.8, 4) is 0 Å². The second-order valence-corrected chi connectivity index (χ2v) is 3.45. The maximum Gasteiger partial charge on any atom is 0.314 e. The number of hydrogen-bond acceptors (Lipinski definition) is 4. The molecule has 0 spiro atoms. The van der Waals surface area contributed by atoms with Crippen LogP contribution in [0.1, 0.15) is 20.8 Å². The fourth-order valence-electron chi connectivity index (χ4n) is 0.780. The van der Waals surface area contributed by atoms with Crippen LogP contribution in [0.2, 0.25) is 0 Å². The fourth-order valence-corrected chi connectivity index (χ4v) is 0.780. The summed E-state index contributed by atoms with van der Waals surface area (Å²) in [4.78, 5) is 15.1. The number of esters is 1. The maximum atomic E-state index is 11.2. The van der Waals surface area contributed by atoms with Crippen LogP contribution in [0, 0.1) is 5.41 Å². The number of hydrogen-bond donors (Lipinski definition) is 0. The maximum absolute atomic E-state index is 11.2. The average molecular weight is 199 g/mol. The molecule has 0 fully saturated rings. The van der Waals surface area contributed by atoms with Crippen molar-refractivity contribution in [3.05, 3.63) is 12.5 Å². The summed E-state index contributed by atoms with van der Waals surface area (Å²) in [6, 6.07) is 0. The molecule has 0 aliphatic heterocycles. The second kappa shape index (κ2) is 5.42. The molecule has 0 aromatic rings. The molecule has 0 unspecified atom stereocenters. The quantitative estimate of drug-likeness (QED) is 0.385. The first-order valence-electron chi connectivity index (χ1n) is 4.33. The van der Waals surface area contributed by atoms with E-state index in [1.165, 1.54) is 7.11 Å². The van der Waals surface area contributed by atoms with Crippen molar-refractivity contribution in [2.45, 2.75) is 20.8 Å². The van der Waals surface area contributed by atoms with Crippen molar-refractivity contribution >= 4 is 12.2 Å². The van der Waals surface area contributed by atoms with E-state index in [2.05, 4.69) is 16.3 Å². The standard InChI is InChI=1S/C10H17NO3/c1-6-11-8(2)14-7-10(3,4)9(12)13-5/h6H,2,7H2,1,3-5H3. The summed E-state index contributed by atoms with van der Waals surface area (Å²) in [6.45, 7) is 9.00. The molecule has 0 saturated heterocycles. The molecule has 0 aliphatic rings. The van der Waals surface area contributed by atoms with Gasteiger partial charge in [-0.1, -0.05) is 0 Å². The van der Waals surface area contributed by atoms with Gasteiger partial charge in [-0.2, -0.15) is 0 Å². The normalized spacial score (nSPS) is 11.4. The Hall–Kier alpha value is -1.32. The number of nitrogens with zero attached hydrogens (tertiary/aromatic N) is 1. The first-order valence-corrected chi connectivity index (χ1v) is 4.33. The summed E-state index contributed by atoms with van der Waals surface area (Å²) in [6.07, 6.45) is 1.58. The highest BCUT2D eigenvalue weighted by atomic mass is 16.5. The number of aliphatic imine (C=N–C) groups is 1. The summed E-state index contributed by atoms with van der Waals surface area (Å²) < 4.78 is 9.80. The Bertz CT molecular complexity index is 244. The summed E-state index contributed by atoms with van der Waals surface area (Å²) >= 11 is 0. The largest absolute Gasteiger partial charge is 0.477 e. The van der Waals surface area contributed by atoms with Crippen LogP contribution in [0.3, 0.4) is 0 Å². The third-order valence-electron chi connectivity index (χ3n) is 1.61. The van der Waals surface area contributed by atoms with Gasteiger partial charge in [0.2, 0.25) is 5.88 Å². The summed E-state index contributed by atoms with van der Waals surface area (Å²) in [5.41, 5.74) is -0.680. The van der Waals surface area contributed by atoms with Gasteiger partial charge in [-0.05, 0) is 27.4 Å². The van der Waals surface area contributed by atoms with Gasteiger partial charge in [0.15, 0.2) is 0 Å². The molecule has 0 rings (SSSR count). The minimum Gasteiger partial charge on any atom is -0.477 e. The number of methoxy groups -OCH3 is 1. The van der Waals surface area contributed by atoms with Gasteiger partial charge in [0.1, 0.15) is 6.61 Å². The van der Waals surface area contributed by atoms with Crippen molar-refractivity contribution in [2.75, 3.05) is 13.7 Å². The van der Waals surface area contributed by atoms with Crippen molar-refractivity contribution in [3.63, 3.8) is 0 Å². The minimum absolute atomic E-state index is 0.204. The van der Waals surface area contributed by atoms with Crippen LogP contribution in [0.15, 0.2) is 17.5 Å². The lowest BCUT2D eigenvalue weighted by Gasteiger charge is -2.21. The lowest BCUT2D eigenvalue weighted by molar-refractivity contribution is -0.153. The highest BCUT2D eigenvalue weighted by Crippen LogP contribution is 2.18. The predicted octanol–water partition coefficient (Wildman–Crippen LogP) is 1.76. The topological polar surface area (TPSA) is 47.9 Å². The van der Waals surface area contributed by atoms with Crippen LogP contribution >= 0.6 is 0 Å². The van der Waals surface area contributed by atoms with Crippen molar-refractivity contribution < 1.29 is 14.3 Å². The lowest BCUT2D eigenvalue weighted by atomic mass is 9.95. The molecule has 0 radical (unpaired) electrons. The van der Waals surface area contributed by atoms with Crippen molar-refractivity contribution in [1.29, 1.82) is 0 Å². The zero-order chi connectivity index (χ0) is 11.2. The van der Waals surface area contributed by atoms with E-state index in [0.717, 1.165) is 0 Å². The first-order chi connectivity index (χ1) is 6.44. The van der Waals surface area contributed by atoms with Gasteiger partial charge in [-0.3, -0.25) is 4.79 Å². The molecule has 0 amide bonds. The van der Waals surface area contributed by atoms with Gasteiger partial charge in [0, 0.05) is 6.21 Å². The molecule has 0 aromatic carbocycles. The van der Waals surface area contributed by atoms with Gasteiger partial charge in [0.25, 0.3) is 0 Å². The molecule has 0 aromatic heterocycles. The Labute approximate surface area is 84.6 Å². The molecule has 4 heteroatoms.